The molecule has 0 bridgehead atoms. The molecular weight excluding hydrogens is 284 g/mol. The Kier molecular flexibility index (Phi) is 5.51. The quantitative estimate of drug-likeness (QED) is 0.847. The van der Waals surface area contributed by atoms with Gasteiger partial charge in [0.2, 0.25) is 5.91 Å². The van der Waals surface area contributed by atoms with E-state index in [0.717, 1.165) is 11.1 Å². The third-order valence-corrected chi connectivity index (χ3v) is 3.83. The highest BCUT2D eigenvalue weighted by Crippen LogP contribution is 2.26. The molecule has 6 nitrogen and oxygen atoms in total. The Labute approximate surface area is 130 Å². The molecule has 2 atom stereocenters. The minimum atomic E-state index is -0.866. The van der Waals surface area contributed by atoms with Gasteiger partial charge in [-0.1, -0.05) is 24.3 Å². The molecule has 2 unspecified atom stereocenters. The van der Waals surface area contributed by atoms with Crippen LogP contribution in [0.4, 0.5) is 0 Å². The largest absolute Gasteiger partial charge is 0.480 e. The Hall–Kier alpha value is -1.92. The summed E-state index contributed by atoms with van der Waals surface area (Å²) in [5.41, 5.74) is 1.76. The number of rotatable bonds is 5. The number of nitrogens with one attached hydrogen (secondary N) is 1. The van der Waals surface area contributed by atoms with Crippen LogP contribution in [0.1, 0.15) is 24.1 Å². The van der Waals surface area contributed by atoms with Crippen molar-refractivity contribution in [2.75, 3.05) is 26.2 Å². The lowest BCUT2D eigenvalue weighted by atomic mass is 9.99. The lowest BCUT2D eigenvalue weighted by Gasteiger charge is -2.37. The zero-order valence-electron chi connectivity index (χ0n) is 12.9. The summed E-state index contributed by atoms with van der Waals surface area (Å²) in [6.07, 6.45) is -0.191. The highest BCUT2D eigenvalue weighted by Gasteiger charge is 2.32. The minimum absolute atomic E-state index is 0.116. The second kappa shape index (κ2) is 7.38. The van der Waals surface area contributed by atoms with E-state index in [1.165, 1.54) is 6.92 Å². The summed E-state index contributed by atoms with van der Waals surface area (Å²) >= 11 is 0. The zero-order valence-corrected chi connectivity index (χ0v) is 12.9. The molecule has 1 aliphatic rings. The maximum absolute atomic E-state index is 11.8. The fraction of sp³-hybridized carbons (Fsp3) is 0.500. The highest BCUT2D eigenvalue weighted by molar-refractivity contribution is 5.76. The molecule has 0 saturated carbocycles. The van der Waals surface area contributed by atoms with E-state index in [1.807, 2.05) is 36.1 Å². The molecule has 0 aliphatic carbocycles. The van der Waals surface area contributed by atoms with Gasteiger partial charge in [-0.15, -0.1) is 0 Å². The van der Waals surface area contributed by atoms with Crippen LogP contribution in [0, 0.1) is 6.92 Å². The van der Waals surface area contributed by atoms with Gasteiger partial charge < -0.3 is 15.2 Å². The van der Waals surface area contributed by atoms with Gasteiger partial charge in [-0.3, -0.25) is 14.5 Å². The summed E-state index contributed by atoms with van der Waals surface area (Å²) < 4.78 is 5.61. The van der Waals surface area contributed by atoms with Gasteiger partial charge in [-0.25, -0.2) is 0 Å². The summed E-state index contributed by atoms with van der Waals surface area (Å²) in [6.45, 7) is 5.26. The van der Waals surface area contributed by atoms with E-state index in [2.05, 4.69) is 5.32 Å². The van der Waals surface area contributed by atoms with Crippen molar-refractivity contribution in [3.63, 3.8) is 0 Å². The maximum atomic E-state index is 11.8. The molecule has 2 N–H and O–H groups in total. The van der Waals surface area contributed by atoms with Crippen LogP contribution >= 0.6 is 0 Å². The number of carboxylic acid groups (broad SMARTS) is 1. The fourth-order valence-corrected chi connectivity index (χ4v) is 2.74. The molecule has 1 aromatic rings. The molecule has 1 aromatic carbocycles. The summed E-state index contributed by atoms with van der Waals surface area (Å²) in [6, 6.07) is 6.83. The van der Waals surface area contributed by atoms with Crippen LogP contribution < -0.4 is 5.32 Å². The van der Waals surface area contributed by atoms with Crippen LogP contribution in [0.15, 0.2) is 24.3 Å². The maximum Gasteiger partial charge on any atom is 0.325 e. The van der Waals surface area contributed by atoms with Crippen molar-refractivity contribution in [2.24, 2.45) is 0 Å². The molecule has 1 heterocycles. The molecule has 6 heteroatoms. The normalized spacial score (nSPS) is 20.4. The van der Waals surface area contributed by atoms with E-state index in [-0.39, 0.29) is 12.0 Å². The summed E-state index contributed by atoms with van der Waals surface area (Å²) in [7, 11) is 0. The average Bonchev–Trinajstić information content (AvgIpc) is 2.47. The van der Waals surface area contributed by atoms with Crippen molar-refractivity contribution in [1.29, 1.82) is 0 Å². The van der Waals surface area contributed by atoms with Gasteiger partial charge in [-0.2, -0.15) is 0 Å². The van der Waals surface area contributed by atoms with Gasteiger partial charge in [0.25, 0.3) is 0 Å². The average molecular weight is 306 g/mol. The number of aliphatic carboxylic acids is 1. The van der Waals surface area contributed by atoms with Crippen LogP contribution in [0.25, 0.3) is 0 Å². The number of hydrogen-bond donors (Lipinski definition) is 2. The van der Waals surface area contributed by atoms with Gasteiger partial charge in [0.15, 0.2) is 0 Å². The lowest BCUT2D eigenvalue weighted by Crippen LogP contribution is -2.50. The number of morpholine rings is 1. The van der Waals surface area contributed by atoms with Gasteiger partial charge in [0.1, 0.15) is 6.04 Å². The Balaban J connectivity index is 2.13. The molecule has 0 aromatic heterocycles. The topological polar surface area (TPSA) is 78.9 Å². The van der Waals surface area contributed by atoms with Gasteiger partial charge >= 0.3 is 5.97 Å². The highest BCUT2D eigenvalue weighted by atomic mass is 16.5. The molecule has 120 valence electrons. The molecule has 1 aliphatic heterocycles. The number of aryl methyl sites for hydroxylation is 1. The predicted octanol–water partition coefficient (Wildman–Crippen LogP) is 0.958. The van der Waals surface area contributed by atoms with Crippen LogP contribution in [0.3, 0.4) is 0 Å². The molecular formula is C16H22N2O4. The van der Waals surface area contributed by atoms with Gasteiger partial charge in [0.05, 0.1) is 12.7 Å². The van der Waals surface area contributed by atoms with E-state index < -0.39 is 12.0 Å². The van der Waals surface area contributed by atoms with E-state index in [1.54, 1.807) is 0 Å². The first-order valence-electron chi connectivity index (χ1n) is 7.37. The number of hydrogen-bond acceptors (Lipinski definition) is 4. The van der Waals surface area contributed by atoms with Gasteiger partial charge in [-0.05, 0) is 18.1 Å². The number of carbonyl (C=O) groups is 2. The van der Waals surface area contributed by atoms with Crippen molar-refractivity contribution in [3.8, 4) is 0 Å². The molecule has 1 amide bonds. The molecule has 22 heavy (non-hydrogen) atoms. The van der Waals surface area contributed by atoms with Crippen LogP contribution in [-0.2, 0) is 14.3 Å². The van der Waals surface area contributed by atoms with Gasteiger partial charge in [0, 0.05) is 26.6 Å². The van der Waals surface area contributed by atoms with Crippen LogP contribution in [0.2, 0.25) is 0 Å². The first-order chi connectivity index (χ1) is 10.5. The second-order valence-electron chi connectivity index (χ2n) is 5.52. The Morgan fingerprint density at radius 1 is 1.45 bits per heavy atom. The monoisotopic (exact) mass is 306 g/mol. The van der Waals surface area contributed by atoms with Crippen molar-refractivity contribution in [2.45, 2.75) is 26.0 Å². The molecule has 2 rings (SSSR count). The number of carboxylic acids is 1. The van der Waals surface area contributed by atoms with E-state index in [0.29, 0.717) is 26.2 Å². The first kappa shape index (κ1) is 16.5. The summed E-state index contributed by atoms with van der Waals surface area (Å²) in [5.74, 6) is -0.983. The number of benzene rings is 1. The second-order valence-corrected chi connectivity index (χ2v) is 5.52. The fourth-order valence-electron chi connectivity index (χ4n) is 2.74. The van der Waals surface area contributed by atoms with Crippen molar-refractivity contribution in [3.05, 3.63) is 35.4 Å². The molecule has 1 fully saturated rings. The third kappa shape index (κ3) is 4.05. The summed E-state index contributed by atoms with van der Waals surface area (Å²) in [4.78, 5) is 24.7. The minimum Gasteiger partial charge on any atom is -0.480 e. The predicted molar refractivity (Wildman–Crippen MR) is 81.6 cm³/mol. The molecule has 1 saturated heterocycles. The number of ether oxygens (including phenoxy) is 1. The standard InChI is InChI=1S/C16H22N2O4/c1-11-5-3-4-6-14(11)15(16(20)21)18-7-8-22-13(10-18)9-17-12(2)19/h3-6,13,15H,7-10H2,1-2H3,(H,17,19)(H,20,21). The Morgan fingerprint density at radius 2 is 2.18 bits per heavy atom. The van der Waals surface area contributed by atoms with Crippen molar-refractivity contribution < 1.29 is 19.4 Å². The van der Waals surface area contributed by atoms with E-state index in [4.69, 9.17) is 4.74 Å². The molecule has 0 radical (unpaired) electrons. The van der Waals surface area contributed by atoms with E-state index in [9.17, 15) is 14.7 Å². The van der Waals surface area contributed by atoms with Crippen LogP contribution in [0.5, 0.6) is 0 Å². The third-order valence-electron chi connectivity index (χ3n) is 3.83. The van der Waals surface area contributed by atoms with Crippen LogP contribution in [-0.4, -0.2) is 54.2 Å². The number of amides is 1. The zero-order chi connectivity index (χ0) is 16.1. The number of carbonyl (C=O) groups excluding carboxylic acids is 1. The molecule has 0 spiro atoms. The van der Waals surface area contributed by atoms with E-state index >= 15 is 0 Å². The Morgan fingerprint density at radius 3 is 2.82 bits per heavy atom. The lowest BCUT2D eigenvalue weighted by molar-refractivity contribution is -0.147. The Bertz CT molecular complexity index is 547. The van der Waals surface area contributed by atoms with Crippen molar-refractivity contribution in [1.82, 2.24) is 10.2 Å². The van der Waals surface area contributed by atoms with Crippen molar-refractivity contribution >= 4 is 11.9 Å². The SMILES string of the molecule is CC(=O)NCC1CN(C(C(=O)O)c2ccccc2C)CCO1. The smallest absolute Gasteiger partial charge is 0.325 e. The number of nitrogens with zero attached hydrogens (tertiary/aromatic N) is 1. The first-order valence-corrected chi connectivity index (χ1v) is 7.37. The summed E-state index contributed by atoms with van der Waals surface area (Å²) in [5, 5.41) is 12.4.